The number of rotatable bonds is 3. The average molecular weight is 270 g/mol. The van der Waals surface area contributed by atoms with Crippen molar-refractivity contribution in [1.29, 1.82) is 0 Å². The molecule has 20 heavy (non-hydrogen) atoms. The zero-order chi connectivity index (χ0) is 14.3. The zero-order valence-electron chi connectivity index (χ0n) is 12.6. The first kappa shape index (κ1) is 13.2. The second-order valence-corrected chi connectivity index (χ2v) is 5.78. The van der Waals surface area contributed by atoms with Gasteiger partial charge in [-0.15, -0.1) is 0 Å². The van der Waals surface area contributed by atoms with Crippen LogP contribution >= 0.6 is 0 Å². The smallest absolute Gasteiger partial charge is 0.151 e. The molecule has 2 aromatic rings. The number of hydrogen-bond donors (Lipinski definition) is 1. The standard InChI is InChI=1S/C16H22N4/c1-5-16(6-2)13-10-18-15(11(3)4)20(13)12-8-7-9-17-14(12)19-16/h7-11H,5-6H2,1-4H3,(H,17,19). The van der Waals surface area contributed by atoms with Crippen molar-refractivity contribution in [2.24, 2.45) is 0 Å². The molecule has 0 aromatic carbocycles. The third-order valence-electron chi connectivity index (χ3n) is 4.39. The fraction of sp³-hybridized carbons (Fsp3) is 0.500. The highest BCUT2D eigenvalue weighted by atomic mass is 15.2. The minimum absolute atomic E-state index is 0.0680. The Hall–Kier alpha value is -1.84. The van der Waals surface area contributed by atoms with Gasteiger partial charge in [-0.1, -0.05) is 27.7 Å². The number of nitrogens with zero attached hydrogens (tertiary/aromatic N) is 3. The van der Waals surface area contributed by atoms with Gasteiger partial charge in [0, 0.05) is 12.1 Å². The van der Waals surface area contributed by atoms with E-state index in [9.17, 15) is 0 Å². The lowest BCUT2D eigenvalue weighted by Crippen LogP contribution is -2.40. The van der Waals surface area contributed by atoms with Crippen molar-refractivity contribution in [3.05, 3.63) is 36.0 Å². The Kier molecular flexibility index (Phi) is 3.04. The van der Waals surface area contributed by atoms with Crippen LogP contribution < -0.4 is 5.32 Å². The molecule has 1 N–H and O–H groups in total. The predicted octanol–water partition coefficient (Wildman–Crippen LogP) is 3.83. The number of hydrogen-bond acceptors (Lipinski definition) is 3. The van der Waals surface area contributed by atoms with Gasteiger partial charge in [0.25, 0.3) is 0 Å². The van der Waals surface area contributed by atoms with Crippen LogP contribution in [0.2, 0.25) is 0 Å². The van der Waals surface area contributed by atoms with E-state index in [2.05, 4.69) is 53.6 Å². The first-order chi connectivity index (χ1) is 9.63. The summed E-state index contributed by atoms with van der Waals surface area (Å²) in [6.07, 6.45) is 5.91. The van der Waals surface area contributed by atoms with Gasteiger partial charge in [-0.3, -0.25) is 4.57 Å². The fourth-order valence-corrected chi connectivity index (χ4v) is 3.12. The minimum Gasteiger partial charge on any atom is -0.357 e. The Bertz CT molecular complexity index is 623. The lowest BCUT2D eigenvalue weighted by Gasteiger charge is -2.39. The summed E-state index contributed by atoms with van der Waals surface area (Å²) in [4.78, 5) is 9.21. The van der Waals surface area contributed by atoms with Crippen LogP contribution in [0.15, 0.2) is 24.5 Å². The number of pyridine rings is 1. The summed E-state index contributed by atoms with van der Waals surface area (Å²) in [5.41, 5.74) is 2.30. The molecule has 0 atom stereocenters. The molecule has 0 amide bonds. The first-order valence-electron chi connectivity index (χ1n) is 7.44. The van der Waals surface area contributed by atoms with Gasteiger partial charge in [-0.05, 0) is 25.0 Å². The molecule has 1 aliphatic heterocycles. The van der Waals surface area contributed by atoms with Gasteiger partial charge in [-0.2, -0.15) is 0 Å². The molecular weight excluding hydrogens is 248 g/mol. The van der Waals surface area contributed by atoms with Crippen molar-refractivity contribution in [2.75, 3.05) is 5.32 Å². The molecule has 0 bridgehead atoms. The Morgan fingerprint density at radius 2 is 2.00 bits per heavy atom. The molecule has 0 fully saturated rings. The number of imidazole rings is 1. The molecule has 106 valence electrons. The summed E-state index contributed by atoms with van der Waals surface area (Å²) >= 11 is 0. The summed E-state index contributed by atoms with van der Waals surface area (Å²) in [5, 5.41) is 3.65. The van der Waals surface area contributed by atoms with Gasteiger partial charge in [0.1, 0.15) is 5.82 Å². The van der Waals surface area contributed by atoms with Crippen molar-refractivity contribution < 1.29 is 0 Å². The SMILES string of the molecule is CCC1(CC)Nc2ncccc2-n2c1cnc2C(C)C. The van der Waals surface area contributed by atoms with Crippen LogP contribution in [0.3, 0.4) is 0 Å². The van der Waals surface area contributed by atoms with Gasteiger partial charge in [0.2, 0.25) is 0 Å². The van der Waals surface area contributed by atoms with Crippen molar-refractivity contribution in [2.45, 2.75) is 52.0 Å². The number of fused-ring (bicyclic) bond motifs is 3. The summed E-state index contributed by atoms with van der Waals surface area (Å²) in [5.74, 6) is 2.46. The highest BCUT2D eigenvalue weighted by Gasteiger charge is 2.38. The van der Waals surface area contributed by atoms with Gasteiger partial charge in [0.05, 0.1) is 23.1 Å². The number of aromatic nitrogens is 3. The molecule has 4 heteroatoms. The second kappa shape index (κ2) is 4.62. The number of anilines is 1. The third-order valence-corrected chi connectivity index (χ3v) is 4.39. The van der Waals surface area contributed by atoms with Crippen LogP contribution in [0.4, 0.5) is 5.82 Å². The highest BCUT2D eigenvalue weighted by Crippen LogP contribution is 2.41. The van der Waals surface area contributed by atoms with Crippen molar-refractivity contribution in [1.82, 2.24) is 14.5 Å². The molecule has 3 heterocycles. The van der Waals surface area contributed by atoms with E-state index in [1.807, 2.05) is 18.5 Å². The number of nitrogens with one attached hydrogen (secondary N) is 1. The van der Waals surface area contributed by atoms with Crippen LogP contribution in [-0.2, 0) is 5.54 Å². The topological polar surface area (TPSA) is 42.7 Å². The average Bonchev–Trinajstić information content (AvgIpc) is 2.92. The monoisotopic (exact) mass is 270 g/mol. The van der Waals surface area contributed by atoms with Crippen LogP contribution in [0, 0.1) is 0 Å². The van der Waals surface area contributed by atoms with Crippen LogP contribution in [0.5, 0.6) is 0 Å². The zero-order valence-corrected chi connectivity index (χ0v) is 12.6. The molecule has 0 spiro atoms. The van der Waals surface area contributed by atoms with E-state index >= 15 is 0 Å². The summed E-state index contributed by atoms with van der Waals surface area (Å²) in [7, 11) is 0. The van der Waals surface area contributed by atoms with Gasteiger partial charge in [-0.25, -0.2) is 9.97 Å². The fourth-order valence-electron chi connectivity index (χ4n) is 3.12. The van der Waals surface area contributed by atoms with Crippen LogP contribution in [0.1, 0.15) is 58.0 Å². The second-order valence-electron chi connectivity index (χ2n) is 5.78. The lowest BCUT2D eigenvalue weighted by molar-refractivity contribution is 0.421. The van der Waals surface area contributed by atoms with Gasteiger partial charge in [0.15, 0.2) is 5.82 Å². The normalized spacial score (nSPS) is 15.7. The molecular formula is C16H22N4. The van der Waals surface area contributed by atoms with Gasteiger partial charge >= 0.3 is 0 Å². The van der Waals surface area contributed by atoms with Crippen molar-refractivity contribution in [3.63, 3.8) is 0 Å². The molecule has 0 saturated heterocycles. The molecule has 3 rings (SSSR count). The molecule has 1 aliphatic rings. The Balaban J connectivity index is 2.31. The lowest BCUT2D eigenvalue weighted by atomic mass is 9.87. The molecule has 0 unspecified atom stereocenters. The largest absolute Gasteiger partial charge is 0.357 e. The molecule has 0 saturated carbocycles. The van der Waals surface area contributed by atoms with E-state index in [1.165, 1.54) is 5.69 Å². The Morgan fingerprint density at radius 1 is 1.25 bits per heavy atom. The van der Waals surface area contributed by atoms with Crippen molar-refractivity contribution in [3.8, 4) is 5.69 Å². The molecule has 0 aliphatic carbocycles. The summed E-state index contributed by atoms with van der Waals surface area (Å²) < 4.78 is 2.30. The minimum atomic E-state index is -0.0680. The quantitative estimate of drug-likeness (QED) is 0.921. The van der Waals surface area contributed by atoms with E-state index in [0.717, 1.165) is 30.2 Å². The van der Waals surface area contributed by atoms with E-state index in [-0.39, 0.29) is 5.54 Å². The van der Waals surface area contributed by atoms with E-state index in [4.69, 9.17) is 0 Å². The van der Waals surface area contributed by atoms with Crippen LogP contribution in [0.25, 0.3) is 5.69 Å². The van der Waals surface area contributed by atoms with E-state index < -0.39 is 0 Å². The maximum atomic E-state index is 4.68. The Labute approximate surface area is 120 Å². The predicted molar refractivity (Wildman–Crippen MR) is 81.3 cm³/mol. The van der Waals surface area contributed by atoms with E-state index in [1.54, 1.807) is 0 Å². The summed E-state index contributed by atoms with van der Waals surface area (Å²) in [6.45, 7) is 8.81. The summed E-state index contributed by atoms with van der Waals surface area (Å²) in [6, 6.07) is 4.10. The maximum Gasteiger partial charge on any atom is 0.151 e. The highest BCUT2D eigenvalue weighted by molar-refractivity contribution is 5.62. The molecule has 4 nitrogen and oxygen atoms in total. The van der Waals surface area contributed by atoms with E-state index in [0.29, 0.717) is 5.92 Å². The van der Waals surface area contributed by atoms with Crippen molar-refractivity contribution >= 4 is 5.82 Å². The van der Waals surface area contributed by atoms with Gasteiger partial charge < -0.3 is 5.32 Å². The Morgan fingerprint density at radius 3 is 2.65 bits per heavy atom. The third kappa shape index (κ3) is 1.67. The maximum absolute atomic E-state index is 4.68. The molecule has 2 aromatic heterocycles. The first-order valence-corrected chi connectivity index (χ1v) is 7.44. The molecule has 0 radical (unpaired) electrons. The van der Waals surface area contributed by atoms with Crippen LogP contribution in [-0.4, -0.2) is 14.5 Å².